The zero-order valence-electron chi connectivity index (χ0n) is 15.4. The largest absolute Gasteiger partial charge is 0.493 e. The van der Waals surface area contributed by atoms with Crippen LogP contribution < -0.4 is 19.5 Å². The van der Waals surface area contributed by atoms with Crippen LogP contribution in [-0.2, 0) is 9.53 Å². The van der Waals surface area contributed by atoms with Gasteiger partial charge in [-0.15, -0.1) is 0 Å². The predicted molar refractivity (Wildman–Crippen MR) is 99.4 cm³/mol. The van der Waals surface area contributed by atoms with E-state index in [0.717, 1.165) is 5.75 Å². The number of carbonyl (C=O) groups excluding carboxylic acids is 2. The molecule has 7 nitrogen and oxygen atoms in total. The zero-order chi connectivity index (χ0) is 19.5. The van der Waals surface area contributed by atoms with E-state index in [-0.39, 0.29) is 12.2 Å². The van der Waals surface area contributed by atoms with Gasteiger partial charge in [0.15, 0.2) is 18.1 Å². The number of ether oxygens (including phenoxy) is 4. The monoisotopic (exact) mass is 373 g/mol. The standard InChI is InChI=1S/C20H23NO6/c1-3-25-18-13-15(9-10-17(18)24-2)20(23)27-14-19(22)21-11-12-26-16-7-5-4-6-8-16/h4-10,13H,3,11-12,14H2,1-2H3,(H,21,22). The maximum absolute atomic E-state index is 12.1. The van der Waals surface area contributed by atoms with Gasteiger partial charge in [0.1, 0.15) is 12.4 Å². The minimum absolute atomic E-state index is 0.277. The van der Waals surface area contributed by atoms with Crippen LogP contribution in [0.15, 0.2) is 48.5 Å². The molecule has 2 rings (SSSR count). The Kier molecular flexibility index (Phi) is 7.96. The van der Waals surface area contributed by atoms with E-state index in [9.17, 15) is 9.59 Å². The Hall–Kier alpha value is -3.22. The van der Waals surface area contributed by atoms with Crippen LogP contribution in [0, 0.1) is 0 Å². The molecule has 0 radical (unpaired) electrons. The summed E-state index contributed by atoms with van der Waals surface area (Å²) in [5.74, 6) is 0.664. The van der Waals surface area contributed by atoms with Crippen molar-refractivity contribution in [3.05, 3.63) is 54.1 Å². The van der Waals surface area contributed by atoms with E-state index in [1.54, 1.807) is 12.1 Å². The molecule has 0 aliphatic heterocycles. The van der Waals surface area contributed by atoms with Crippen molar-refractivity contribution in [2.45, 2.75) is 6.92 Å². The first-order chi connectivity index (χ1) is 13.1. The molecule has 1 amide bonds. The Balaban J connectivity index is 1.74. The number of rotatable bonds is 10. The quantitative estimate of drug-likeness (QED) is 0.509. The number of esters is 1. The highest BCUT2D eigenvalue weighted by atomic mass is 16.5. The maximum atomic E-state index is 12.1. The molecule has 0 saturated heterocycles. The average molecular weight is 373 g/mol. The molecule has 0 heterocycles. The van der Waals surface area contributed by atoms with E-state index in [1.807, 2.05) is 37.3 Å². The fraction of sp³-hybridized carbons (Fsp3) is 0.300. The first-order valence-electron chi connectivity index (χ1n) is 8.56. The zero-order valence-corrected chi connectivity index (χ0v) is 15.4. The maximum Gasteiger partial charge on any atom is 0.338 e. The molecule has 0 spiro atoms. The molecule has 0 aromatic heterocycles. The molecule has 27 heavy (non-hydrogen) atoms. The second kappa shape index (κ2) is 10.7. The molecule has 0 unspecified atom stereocenters. The Morgan fingerprint density at radius 2 is 1.78 bits per heavy atom. The molecule has 0 atom stereocenters. The fourth-order valence-electron chi connectivity index (χ4n) is 2.21. The third-order valence-corrected chi connectivity index (χ3v) is 3.47. The van der Waals surface area contributed by atoms with Crippen LogP contribution in [0.2, 0.25) is 0 Å². The molecule has 0 bridgehead atoms. The van der Waals surface area contributed by atoms with Crippen LogP contribution in [0.3, 0.4) is 0 Å². The molecule has 0 fully saturated rings. The Morgan fingerprint density at radius 1 is 1.00 bits per heavy atom. The predicted octanol–water partition coefficient (Wildman–Crippen LogP) is 2.45. The summed E-state index contributed by atoms with van der Waals surface area (Å²) < 4.78 is 21.1. The summed E-state index contributed by atoms with van der Waals surface area (Å²) in [5, 5.41) is 2.62. The van der Waals surface area contributed by atoms with Gasteiger partial charge in [-0.2, -0.15) is 0 Å². The Bertz CT molecular complexity index is 747. The van der Waals surface area contributed by atoms with Gasteiger partial charge >= 0.3 is 5.97 Å². The Labute approximate surface area is 158 Å². The van der Waals surface area contributed by atoms with Gasteiger partial charge in [0.2, 0.25) is 0 Å². The number of methoxy groups -OCH3 is 1. The van der Waals surface area contributed by atoms with E-state index in [2.05, 4.69) is 5.32 Å². The molecule has 2 aromatic carbocycles. The van der Waals surface area contributed by atoms with Crippen molar-refractivity contribution < 1.29 is 28.5 Å². The number of nitrogens with one attached hydrogen (secondary N) is 1. The highest BCUT2D eigenvalue weighted by molar-refractivity contribution is 5.92. The van der Waals surface area contributed by atoms with Crippen LogP contribution in [0.1, 0.15) is 17.3 Å². The van der Waals surface area contributed by atoms with Crippen LogP contribution in [0.25, 0.3) is 0 Å². The third kappa shape index (κ3) is 6.54. The SMILES string of the molecule is CCOc1cc(C(=O)OCC(=O)NCCOc2ccccc2)ccc1OC. The summed E-state index contributed by atoms with van der Waals surface area (Å²) in [6, 6.07) is 14.0. The highest BCUT2D eigenvalue weighted by Crippen LogP contribution is 2.28. The molecular formula is C20H23NO6. The third-order valence-electron chi connectivity index (χ3n) is 3.47. The first-order valence-corrected chi connectivity index (χ1v) is 8.56. The molecule has 2 aromatic rings. The summed E-state index contributed by atoms with van der Waals surface area (Å²) >= 11 is 0. The number of hydrogen-bond donors (Lipinski definition) is 1. The van der Waals surface area contributed by atoms with Gasteiger partial charge in [0, 0.05) is 0 Å². The molecule has 0 aliphatic rings. The van der Waals surface area contributed by atoms with Gasteiger partial charge in [-0.1, -0.05) is 18.2 Å². The first kappa shape index (κ1) is 20.1. The lowest BCUT2D eigenvalue weighted by atomic mass is 10.2. The molecule has 1 N–H and O–H groups in total. The minimum Gasteiger partial charge on any atom is -0.493 e. The van der Waals surface area contributed by atoms with Crippen molar-refractivity contribution in [2.75, 3.05) is 33.5 Å². The number of benzene rings is 2. The van der Waals surface area contributed by atoms with Gasteiger partial charge in [-0.25, -0.2) is 4.79 Å². The smallest absolute Gasteiger partial charge is 0.338 e. The fourth-order valence-corrected chi connectivity index (χ4v) is 2.21. The minimum atomic E-state index is -0.616. The summed E-state index contributed by atoms with van der Waals surface area (Å²) in [6.45, 7) is 2.51. The van der Waals surface area contributed by atoms with E-state index < -0.39 is 11.9 Å². The molecule has 0 saturated carbocycles. The van der Waals surface area contributed by atoms with Crippen molar-refractivity contribution >= 4 is 11.9 Å². The lowest BCUT2D eigenvalue weighted by molar-refractivity contribution is -0.124. The highest BCUT2D eigenvalue weighted by Gasteiger charge is 2.13. The van der Waals surface area contributed by atoms with E-state index in [0.29, 0.717) is 31.3 Å². The van der Waals surface area contributed by atoms with E-state index in [4.69, 9.17) is 18.9 Å². The van der Waals surface area contributed by atoms with Crippen LogP contribution >= 0.6 is 0 Å². The van der Waals surface area contributed by atoms with Crippen molar-refractivity contribution in [1.29, 1.82) is 0 Å². The average Bonchev–Trinajstić information content (AvgIpc) is 2.70. The summed E-state index contributed by atoms with van der Waals surface area (Å²) in [5.41, 5.74) is 0.277. The normalized spacial score (nSPS) is 10.0. The number of hydrogen-bond acceptors (Lipinski definition) is 6. The van der Waals surface area contributed by atoms with Gasteiger partial charge in [-0.3, -0.25) is 4.79 Å². The van der Waals surface area contributed by atoms with Crippen LogP contribution in [-0.4, -0.2) is 45.4 Å². The van der Waals surface area contributed by atoms with E-state index in [1.165, 1.54) is 13.2 Å². The topological polar surface area (TPSA) is 83.1 Å². The number of carbonyl (C=O) groups is 2. The second-order valence-corrected chi connectivity index (χ2v) is 5.39. The van der Waals surface area contributed by atoms with Crippen molar-refractivity contribution in [2.24, 2.45) is 0 Å². The lowest BCUT2D eigenvalue weighted by Crippen LogP contribution is -2.32. The van der Waals surface area contributed by atoms with Crippen molar-refractivity contribution in [3.8, 4) is 17.2 Å². The van der Waals surface area contributed by atoms with E-state index >= 15 is 0 Å². The summed E-state index contributed by atoms with van der Waals surface area (Å²) in [6.07, 6.45) is 0. The van der Waals surface area contributed by atoms with Gasteiger partial charge < -0.3 is 24.3 Å². The van der Waals surface area contributed by atoms with Crippen LogP contribution in [0.5, 0.6) is 17.2 Å². The summed E-state index contributed by atoms with van der Waals surface area (Å²) in [4.78, 5) is 23.9. The molecule has 7 heteroatoms. The number of amides is 1. The molecule has 144 valence electrons. The van der Waals surface area contributed by atoms with Crippen LogP contribution in [0.4, 0.5) is 0 Å². The molecule has 0 aliphatic carbocycles. The van der Waals surface area contributed by atoms with Crippen molar-refractivity contribution in [1.82, 2.24) is 5.32 Å². The Morgan fingerprint density at radius 3 is 2.48 bits per heavy atom. The van der Waals surface area contributed by atoms with Crippen molar-refractivity contribution in [3.63, 3.8) is 0 Å². The van der Waals surface area contributed by atoms with Gasteiger partial charge in [0.05, 0.1) is 25.8 Å². The van der Waals surface area contributed by atoms with Gasteiger partial charge in [0.25, 0.3) is 5.91 Å². The lowest BCUT2D eigenvalue weighted by Gasteiger charge is -2.11. The summed E-state index contributed by atoms with van der Waals surface area (Å²) in [7, 11) is 1.52. The molecular weight excluding hydrogens is 350 g/mol. The second-order valence-electron chi connectivity index (χ2n) is 5.39. The van der Waals surface area contributed by atoms with Gasteiger partial charge in [-0.05, 0) is 37.3 Å². The number of para-hydroxylation sites is 1.